The summed E-state index contributed by atoms with van der Waals surface area (Å²) in [5, 5.41) is 6.19. The lowest BCUT2D eigenvalue weighted by atomic mass is 10.2. The SMILES string of the molecule is CCN1CCN(c2ccccc2NC(=O)Nc2ccccc2N2CCN(CC)CC2)CC1. The van der Waals surface area contributed by atoms with Gasteiger partial charge in [-0.15, -0.1) is 0 Å². The number of carbonyl (C=O) groups excluding carboxylic acids is 1. The molecule has 2 aliphatic rings. The van der Waals surface area contributed by atoms with Gasteiger partial charge in [-0.1, -0.05) is 38.1 Å². The van der Waals surface area contributed by atoms with Crippen molar-refractivity contribution in [1.29, 1.82) is 0 Å². The molecule has 2 aromatic carbocycles. The van der Waals surface area contributed by atoms with Crippen molar-refractivity contribution in [3.8, 4) is 0 Å². The van der Waals surface area contributed by atoms with Crippen molar-refractivity contribution in [2.45, 2.75) is 13.8 Å². The van der Waals surface area contributed by atoms with Crippen LogP contribution in [-0.2, 0) is 0 Å². The van der Waals surface area contributed by atoms with E-state index in [9.17, 15) is 4.79 Å². The van der Waals surface area contributed by atoms with Crippen molar-refractivity contribution in [2.24, 2.45) is 0 Å². The summed E-state index contributed by atoms with van der Waals surface area (Å²) in [4.78, 5) is 22.6. The van der Waals surface area contributed by atoms with E-state index in [4.69, 9.17) is 0 Å². The predicted octanol–water partition coefficient (Wildman–Crippen LogP) is 3.61. The number of nitrogens with one attached hydrogen (secondary N) is 2. The fourth-order valence-electron chi connectivity index (χ4n) is 4.60. The van der Waals surface area contributed by atoms with Crippen molar-refractivity contribution in [3.05, 3.63) is 48.5 Å². The number of hydrogen-bond donors (Lipinski definition) is 2. The highest BCUT2D eigenvalue weighted by molar-refractivity contribution is 6.03. The zero-order chi connectivity index (χ0) is 22.3. The molecule has 0 bridgehead atoms. The van der Waals surface area contributed by atoms with Gasteiger partial charge in [-0.2, -0.15) is 0 Å². The topological polar surface area (TPSA) is 54.1 Å². The molecule has 2 N–H and O–H groups in total. The molecule has 4 rings (SSSR count). The lowest BCUT2D eigenvalue weighted by molar-refractivity contribution is 0.262. The standard InChI is InChI=1S/C25H36N6O/c1-3-28-13-17-30(18-14-28)23-11-7-5-9-21(23)26-25(32)27-22-10-6-8-12-24(22)31-19-15-29(4-2)16-20-31/h5-12H,3-4,13-20H2,1-2H3,(H2,26,27,32). The number of anilines is 4. The van der Waals surface area contributed by atoms with Crippen molar-refractivity contribution < 1.29 is 4.79 Å². The van der Waals surface area contributed by atoms with Crippen LogP contribution in [0.25, 0.3) is 0 Å². The molecule has 0 aliphatic carbocycles. The van der Waals surface area contributed by atoms with E-state index >= 15 is 0 Å². The normalized spacial score (nSPS) is 17.9. The van der Waals surface area contributed by atoms with Gasteiger partial charge in [0.25, 0.3) is 0 Å². The van der Waals surface area contributed by atoms with Gasteiger partial charge in [0.05, 0.1) is 22.7 Å². The minimum atomic E-state index is -0.204. The Morgan fingerprint density at radius 2 is 1.03 bits per heavy atom. The van der Waals surface area contributed by atoms with Crippen LogP contribution in [0.1, 0.15) is 13.8 Å². The highest BCUT2D eigenvalue weighted by Gasteiger charge is 2.21. The molecule has 7 nitrogen and oxygen atoms in total. The van der Waals surface area contributed by atoms with E-state index in [1.54, 1.807) is 0 Å². The first-order chi connectivity index (χ1) is 15.7. The first-order valence-corrected chi connectivity index (χ1v) is 11.9. The van der Waals surface area contributed by atoms with E-state index < -0.39 is 0 Å². The molecular weight excluding hydrogens is 400 g/mol. The second kappa shape index (κ2) is 10.7. The number of urea groups is 1. The van der Waals surface area contributed by atoms with Gasteiger partial charge in [0.2, 0.25) is 0 Å². The number of amides is 2. The van der Waals surface area contributed by atoms with E-state index in [2.05, 4.69) is 56.2 Å². The molecule has 0 spiro atoms. The van der Waals surface area contributed by atoms with Gasteiger partial charge in [0, 0.05) is 52.4 Å². The van der Waals surface area contributed by atoms with Crippen molar-refractivity contribution in [3.63, 3.8) is 0 Å². The maximum Gasteiger partial charge on any atom is 0.323 e. The molecule has 2 aliphatic heterocycles. The number of rotatable bonds is 6. The zero-order valence-corrected chi connectivity index (χ0v) is 19.4. The first-order valence-electron chi connectivity index (χ1n) is 11.9. The first kappa shape index (κ1) is 22.4. The van der Waals surface area contributed by atoms with E-state index in [0.717, 1.165) is 88.2 Å². The summed E-state index contributed by atoms with van der Waals surface area (Å²) in [5.74, 6) is 0. The third-order valence-corrected chi connectivity index (χ3v) is 6.62. The quantitative estimate of drug-likeness (QED) is 0.725. The third-order valence-electron chi connectivity index (χ3n) is 6.62. The Morgan fingerprint density at radius 3 is 1.41 bits per heavy atom. The summed E-state index contributed by atoms with van der Waals surface area (Å²) >= 11 is 0. The number of benzene rings is 2. The van der Waals surface area contributed by atoms with Gasteiger partial charge in [-0.25, -0.2) is 4.79 Å². The number of piperazine rings is 2. The molecular formula is C25H36N6O. The smallest absolute Gasteiger partial charge is 0.323 e. The highest BCUT2D eigenvalue weighted by atomic mass is 16.2. The predicted molar refractivity (Wildman–Crippen MR) is 134 cm³/mol. The molecule has 0 atom stereocenters. The average molecular weight is 437 g/mol. The van der Waals surface area contributed by atoms with Crippen LogP contribution in [-0.4, -0.2) is 81.3 Å². The minimum absolute atomic E-state index is 0.204. The highest BCUT2D eigenvalue weighted by Crippen LogP contribution is 2.29. The fraction of sp³-hybridized carbons (Fsp3) is 0.480. The van der Waals surface area contributed by atoms with Crippen LogP contribution < -0.4 is 20.4 Å². The summed E-state index contributed by atoms with van der Waals surface area (Å²) in [6, 6.07) is 16.0. The van der Waals surface area contributed by atoms with Gasteiger partial charge >= 0.3 is 6.03 Å². The summed E-state index contributed by atoms with van der Waals surface area (Å²) in [6.45, 7) is 14.7. The molecule has 2 saturated heterocycles. The largest absolute Gasteiger partial charge is 0.367 e. The second-order valence-corrected chi connectivity index (χ2v) is 8.46. The van der Waals surface area contributed by atoms with Gasteiger partial charge < -0.3 is 30.2 Å². The lowest BCUT2D eigenvalue weighted by Gasteiger charge is -2.36. The number of carbonyl (C=O) groups is 1. The van der Waals surface area contributed by atoms with Crippen molar-refractivity contribution in [2.75, 3.05) is 85.9 Å². The summed E-state index contributed by atoms with van der Waals surface area (Å²) in [7, 11) is 0. The Hall–Kier alpha value is -2.77. The monoisotopic (exact) mass is 436 g/mol. The van der Waals surface area contributed by atoms with Crippen molar-refractivity contribution in [1.82, 2.24) is 9.80 Å². The number of nitrogens with zero attached hydrogens (tertiary/aromatic N) is 4. The molecule has 172 valence electrons. The van der Waals surface area contributed by atoms with E-state index in [1.165, 1.54) is 0 Å². The van der Waals surface area contributed by atoms with E-state index in [0.29, 0.717) is 0 Å². The Balaban J connectivity index is 1.42. The van der Waals surface area contributed by atoms with Gasteiger partial charge in [-0.3, -0.25) is 0 Å². The number of hydrogen-bond acceptors (Lipinski definition) is 5. The Morgan fingerprint density at radius 1 is 0.656 bits per heavy atom. The molecule has 7 heteroatoms. The lowest BCUT2D eigenvalue weighted by Crippen LogP contribution is -2.46. The molecule has 0 aromatic heterocycles. The molecule has 0 unspecified atom stereocenters. The Bertz CT molecular complexity index is 816. The zero-order valence-electron chi connectivity index (χ0n) is 19.4. The maximum atomic E-state index is 13.0. The average Bonchev–Trinajstić information content (AvgIpc) is 2.85. The van der Waals surface area contributed by atoms with Crippen LogP contribution in [0.4, 0.5) is 27.5 Å². The summed E-state index contributed by atoms with van der Waals surface area (Å²) in [5.41, 5.74) is 3.87. The number of likely N-dealkylation sites (N-methyl/N-ethyl adjacent to an activating group) is 2. The fourth-order valence-corrected chi connectivity index (χ4v) is 4.60. The molecule has 0 radical (unpaired) electrons. The van der Waals surface area contributed by atoms with Crippen LogP contribution in [0.3, 0.4) is 0 Å². The molecule has 2 aromatic rings. The Kier molecular flexibility index (Phi) is 7.50. The molecule has 32 heavy (non-hydrogen) atoms. The summed E-state index contributed by atoms with van der Waals surface area (Å²) < 4.78 is 0. The van der Waals surface area contributed by atoms with Crippen molar-refractivity contribution >= 4 is 28.8 Å². The molecule has 2 fully saturated rings. The second-order valence-electron chi connectivity index (χ2n) is 8.46. The van der Waals surface area contributed by atoms with Gasteiger partial charge in [0.15, 0.2) is 0 Å². The Labute approximate surface area is 192 Å². The van der Waals surface area contributed by atoms with Gasteiger partial charge in [0.1, 0.15) is 0 Å². The van der Waals surface area contributed by atoms with E-state index in [1.807, 2.05) is 36.4 Å². The van der Waals surface area contributed by atoms with E-state index in [-0.39, 0.29) is 6.03 Å². The number of para-hydroxylation sites is 4. The third kappa shape index (κ3) is 5.34. The van der Waals surface area contributed by atoms with Crippen LogP contribution in [0.2, 0.25) is 0 Å². The van der Waals surface area contributed by atoms with Crippen LogP contribution in [0, 0.1) is 0 Å². The molecule has 0 saturated carbocycles. The van der Waals surface area contributed by atoms with Crippen LogP contribution in [0.15, 0.2) is 48.5 Å². The maximum absolute atomic E-state index is 13.0. The molecule has 2 heterocycles. The van der Waals surface area contributed by atoms with Crippen LogP contribution >= 0.6 is 0 Å². The van der Waals surface area contributed by atoms with Crippen LogP contribution in [0.5, 0.6) is 0 Å². The molecule has 2 amide bonds. The minimum Gasteiger partial charge on any atom is -0.367 e. The summed E-state index contributed by atoms with van der Waals surface area (Å²) in [6.07, 6.45) is 0. The van der Waals surface area contributed by atoms with Gasteiger partial charge in [-0.05, 0) is 37.4 Å².